The number of fused-ring (bicyclic) bond motifs is 1. The van der Waals surface area contributed by atoms with Crippen molar-refractivity contribution in [1.82, 2.24) is 14.9 Å². The summed E-state index contributed by atoms with van der Waals surface area (Å²) >= 11 is 1.50. The first-order chi connectivity index (χ1) is 17.6. The Morgan fingerprint density at radius 3 is 2.53 bits per heavy atom. The maximum Gasteiger partial charge on any atom is 0.257 e. The lowest BCUT2D eigenvalue weighted by Gasteiger charge is -2.13. The first kappa shape index (κ1) is 23.7. The summed E-state index contributed by atoms with van der Waals surface area (Å²) in [6, 6.07) is 16.4. The van der Waals surface area contributed by atoms with E-state index in [0.717, 1.165) is 42.4 Å². The number of benzene rings is 1. The van der Waals surface area contributed by atoms with Crippen molar-refractivity contribution in [1.29, 1.82) is 0 Å². The van der Waals surface area contributed by atoms with Crippen LogP contribution in [0.5, 0.6) is 0 Å². The molecule has 2 amide bonds. The van der Waals surface area contributed by atoms with Crippen molar-refractivity contribution >= 4 is 28.2 Å². The molecule has 8 heteroatoms. The lowest BCUT2D eigenvalue weighted by Crippen LogP contribution is -2.25. The Balaban J connectivity index is 1.29. The van der Waals surface area contributed by atoms with E-state index in [4.69, 9.17) is 0 Å². The maximum atomic E-state index is 13.3. The summed E-state index contributed by atoms with van der Waals surface area (Å²) in [6.45, 7) is 0.859. The molecule has 0 bridgehead atoms. The highest BCUT2D eigenvalue weighted by atomic mass is 32.1. The predicted octanol–water partition coefficient (Wildman–Crippen LogP) is 4.41. The van der Waals surface area contributed by atoms with Crippen molar-refractivity contribution in [2.24, 2.45) is 0 Å². The van der Waals surface area contributed by atoms with Crippen LogP contribution < -0.4 is 16.2 Å². The number of carbonyl (C=O) groups excluding carboxylic acids is 2. The van der Waals surface area contributed by atoms with Crippen molar-refractivity contribution in [2.45, 2.75) is 38.8 Å². The lowest BCUT2D eigenvalue weighted by molar-refractivity contribution is 0.0951. The van der Waals surface area contributed by atoms with Gasteiger partial charge in [0.1, 0.15) is 5.00 Å². The number of pyridine rings is 2. The molecule has 0 fully saturated rings. The molecule has 2 N–H and O–H groups in total. The van der Waals surface area contributed by atoms with Crippen molar-refractivity contribution < 1.29 is 9.59 Å². The molecule has 0 spiro atoms. The molecule has 4 aromatic rings. The molecule has 0 aliphatic heterocycles. The van der Waals surface area contributed by atoms with Gasteiger partial charge in [-0.3, -0.25) is 19.4 Å². The first-order valence-corrected chi connectivity index (χ1v) is 12.8. The molecule has 1 aliphatic rings. The molecule has 3 aromatic heterocycles. The highest BCUT2D eigenvalue weighted by molar-refractivity contribution is 7.17. The van der Waals surface area contributed by atoms with Crippen LogP contribution >= 0.6 is 11.3 Å². The molecule has 3 heterocycles. The summed E-state index contributed by atoms with van der Waals surface area (Å²) in [5.74, 6) is -0.459. The molecular formula is C28H26N4O3S. The highest BCUT2D eigenvalue weighted by Crippen LogP contribution is 2.38. The number of thiophene rings is 1. The third kappa shape index (κ3) is 5.28. The summed E-state index contributed by atoms with van der Waals surface area (Å²) in [4.78, 5) is 43.2. The predicted molar refractivity (Wildman–Crippen MR) is 141 cm³/mol. The average Bonchev–Trinajstić information content (AvgIpc) is 3.27. The molecule has 1 aliphatic carbocycles. The van der Waals surface area contributed by atoms with Crippen LogP contribution in [-0.2, 0) is 25.9 Å². The maximum absolute atomic E-state index is 13.3. The number of rotatable bonds is 7. The van der Waals surface area contributed by atoms with Crippen LogP contribution in [0.4, 0.5) is 5.00 Å². The number of hydrogen-bond acceptors (Lipinski definition) is 5. The molecule has 5 rings (SSSR count). The van der Waals surface area contributed by atoms with E-state index in [-0.39, 0.29) is 17.4 Å². The standard InChI is InChI=1S/C28H26N4O3S/c33-24-9-3-4-15-32(24)18-20-12-10-19(11-13-20)16-30-27(35)25-22-7-1-2-8-23(22)36-28(25)31-26(34)21-6-5-14-29-17-21/h3-6,9-15,17H,1-2,7-8,16,18H2,(H,30,35)(H,31,34). The minimum atomic E-state index is -0.274. The number of nitrogens with one attached hydrogen (secondary N) is 2. The minimum Gasteiger partial charge on any atom is -0.348 e. The second kappa shape index (κ2) is 10.7. The number of aromatic nitrogens is 2. The van der Waals surface area contributed by atoms with Crippen LogP contribution in [0.1, 0.15) is 55.1 Å². The largest absolute Gasteiger partial charge is 0.348 e. The van der Waals surface area contributed by atoms with Crippen LogP contribution in [0.15, 0.2) is 78.0 Å². The number of anilines is 1. The first-order valence-electron chi connectivity index (χ1n) is 12.0. The second-order valence-electron chi connectivity index (χ2n) is 8.78. The number of carbonyl (C=O) groups is 2. The molecule has 36 heavy (non-hydrogen) atoms. The van der Waals surface area contributed by atoms with Crippen LogP contribution in [0.25, 0.3) is 0 Å². The Morgan fingerprint density at radius 1 is 0.944 bits per heavy atom. The third-order valence-corrected chi connectivity index (χ3v) is 7.48. The van der Waals surface area contributed by atoms with E-state index < -0.39 is 0 Å². The van der Waals surface area contributed by atoms with Gasteiger partial charge in [-0.05, 0) is 60.6 Å². The van der Waals surface area contributed by atoms with Gasteiger partial charge in [-0.15, -0.1) is 11.3 Å². The smallest absolute Gasteiger partial charge is 0.257 e. The molecular weight excluding hydrogens is 472 g/mol. The lowest BCUT2D eigenvalue weighted by atomic mass is 9.95. The third-order valence-electron chi connectivity index (χ3n) is 6.28. The fraction of sp³-hybridized carbons (Fsp3) is 0.214. The normalized spacial score (nSPS) is 12.6. The zero-order valence-corrected chi connectivity index (χ0v) is 20.5. The van der Waals surface area contributed by atoms with Gasteiger partial charge in [-0.2, -0.15) is 0 Å². The summed E-state index contributed by atoms with van der Waals surface area (Å²) < 4.78 is 1.65. The summed E-state index contributed by atoms with van der Waals surface area (Å²) in [5.41, 5.74) is 4.00. The van der Waals surface area contributed by atoms with Gasteiger partial charge in [-0.25, -0.2) is 0 Å². The Labute approximate surface area is 212 Å². The van der Waals surface area contributed by atoms with Gasteiger partial charge < -0.3 is 15.2 Å². The second-order valence-corrected chi connectivity index (χ2v) is 9.88. The highest BCUT2D eigenvalue weighted by Gasteiger charge is 2.26. The van der Waals surface area contributed by atoms with Gasteiger partial charge in [0, 0.05) is 36.1 Å². The Bertz CT molecular complexity index is 1440. The molecule has 0 atom stereocenters. The van der Waals surface area contributed by atoms with Crippen molar-refractivity contribution in [3.8, 4) is 0 Å². The zero-order chi connectivity index (χ0) is 24.9. The fourth-order valence-electron chi connectivity index (χ4n) is 4.39. The van der Waals surface area contributed by atoms with Crippen LogP contribution in [0.3, 0.4) is 0 Å². The quantitative estimate of drug-likeness (QED) is 0.395. The van der Waals surface area contributed by atoms with Gasteiger partial charge >= 0.3 is 0 Å². The SMILES string of the molecule is O=C(Nc1sc2c(c1C(=O)NCc1ccc(Cn3ccccc3=O)cc1)CCCC2)c1cccnc1. The van der Waals surface area contributed by atoms with Gasteiger partial charge in [0.25, 0.3) is 17.4 Å². The van der Waals surface area contributed by atoms with Crippen LogP contribution in [-0.4, -0.2) is 21.4 Å². The molecule has 0 radical (unpaired) electrons. The summed E-state index contributed by atoms with van der Waals surface area (Å²) in [5, 5.41) is 6.58. The van der Waals surface area contributed by atoms with Gasteiger partial charge in [0.2, 0.25) is 0 Å². The Hall–Kier alpha value is -4.04. The Morgan fingerprint density at radius 2 is 1.75 bits per heavy atom. The van der Waals surface area contributed by atoms with E-state index in [9.17, 15) is 14.4 Å². The van der Waals surface area contributed by atoms with Gasteiger partial charge in [0.05, 0.1) is 17.7 Å². The number of aryl methyl sites for hydroxylation is 1. The van der Waals surface area contributed by atoms with Crippen LogP contribution in [0, 0.1) is 0 Å². The molecule has 1 aromatic carbocycles. The van der Waals surface area contributed by atoms with E-state index in [0.29, 0.717) is 29.2 Å². The number of hydrogen-bond donors (Lipinski definition) is 2. The van der Waals surface area contributed by atoms with Crippen molar-refractivity contribution in [2.75, 3.05) is 5.32 Å². The number of nitrogens with zero attached hydrogens (tertiary/aromatic N) is 2. The molecule has 182 valence electrons. The molecule has 0 saturated carbocycles. The number of amides is 2. The van der Waals surface area contributed by atoms with Crippen LogP contribution in [0.2, 0.25) is 0 Å². The summed E-state index contributed by atoms with van der Waals surface area (Å²) in [6.07, 6.45) is 8.79. The molecule has 0 unspecified atom stereocenters. The van der Waals surface area contributed by atoms with E-state index in [1.54, 1.807) is 41.2 Å². The van der Waals surface area contributed by atoms with Gasteiger partial charge in [-0.1, -0.05) is 30.3 Å². The molecule has 0 saturated heterocycles. The topological polar surface area (TPSA) is 93.1 Å². The Kier molecular flexibility index (Phi) is 7.04. The molecule has 7 nitrogen and oxygen atoms in total. The monoisotopic (exact) mass is 498 g/mol. The van der Waals surface area contributed by atoms with E-state index >= 15 is 0 Å². The van der Waals surface area contributed by atoms with Gasteiger partial charge in [0.15, 0.2) is 0 Å². The average molecular weight is 499 g/mol. The summed E-state index contributed by atoms with van der Waals surface area (Å²) in [7, 11) is 0. The fourth-order valence-corrected chi connectivity index (χ4v) is 5.67. The zero-order valence-electron chi connectivity index (χ0n) is 19.7. The van der Waals surface area contributed by atoms with E-state index in [2.05, 4.69) is 15.6 Å². The minimum absolute atomic E-state index is 0.0423. The van der Waals surface area contributed by atoms with E-state index in [1.807, 2.05) is 30.3 Å². The van der Waals surface area contributed by atoms with E-state index in [1.165, 1.54) is 22.4 Å². The van der Waals surface area contributed by atoms with Crippen molar-refractivity contribution in [3.63, 3.8) is 0 Å². The van der Waals surface area contributed by atoms with Crippen molar-refractivity contribution in [3.05, 3.63) is 116 Å².